The van der Waals surface area contributed by atoms with Crippen LogP contribution in [0.25, 0.3) is 10.2 Å². The van der Waals surface area contributed by atoms with E-state index in [4.69, 9.17) is 10.7 Å². The Kier molecular flexibility index (Phi) is 5.65. The van der Waals surface area contributed by atoms with Crippen LogP contribution in [0.3, 0.4) is 0 Å². The van der Waals surface area contributed by atoms with Crippen molar-refractivity contribution < 1.29 is 9.18 Å². The highest BCUT2D eigenvalue weighted by Gasteiger charge is 2.28. The molecule has 35 heavy (non-hydrogen) atoms. The minimum absolute atomic E-state index is 0.0237. The highest BCUT2D eigenvalue weighted by molar-refractivity contribution is 7.21. The standard InChI is InChI=1S/C28H27FN4OS/c29-21-7-9-22(10-8-21)32-12-14-33(15-13-32)28(34)26-25(30)23-17-20-16-19(18-4-2-1-3-5-18)6-11-24(20)31-27(23)35-26/h1-5,7-10,17,19H,6,11-16,30H2. The Morgan fingerprint density at radius 2 is 1.77 bits per heavy atom. The second kappa shape index (κ2) is 8.96. The molecule has 0 radical (unpaired) electrons. The van der Waals surface area contributed by atoms with Gasteiger partial charge in [0, 0.05) is 42.9 Å². The smallest absolute Gasteiger partial charge is 0.266 e. The van der Waals surface area contributed by atoms with Crippen molar-refractivity contribution in [1.82, 2.24) is 9.88 Å². The fourth-order valence-electron chi connectivity index (χ4n) is 5.32. The van der Waals surface area contributed by atoms with Gasteiger partial charge in [-0.05, 0) is 66.6 Å². The van der Waals surface area contributed by atoms with Gasteiger partial charge < -0.3 is 15.5 Å². The number of carbonyl (C=O) groups excluding carboxylic acids is 1. The summed E-state index contributed by atoms with van der Waals surface area (Å²) in [6.07, 6.45) is 2.98. The molecule has 2 aliphatic rings. The van der Waals surface area contributed by atoms with Gasteiger partial charge in [0.25, 0.3) is 5.91 Å². The Bertz CT molecular complexity index is 1380. The summed E-state index contributed by atoms with van der Waals surface area (Å²) in [5.74, 6) is 0.222. The highest BCUT2D eigenvalue weighted by atomic mass is 32.1. The molecule has 1 aliphatic heterocycles. The van der Waals surface area contributed by atoms with Crippen molar-refractivity contribution in [3.05, 3.63) is 88.2 Å². The molecule has 6 rings (SSSR count). The molecule has 3 heterocycles. The number of halogens is 1. The normalized spacial score (nSPS) is 18.0. The number of carbonyl (C=O) groups is 1. The summed E-state index contributed by atoms with van der Waals surface area (Å²) in [4.78, 5) is 23.8. The van der Waals surface area contributed by atoms with Crippen LogP contribution in [0.4, 0.5) is 15.8 Å². The molecule has 2 aromatic carbocycles. The second-order valence-corrected chi connectivity index (χ2v) is 10.4. The number of aromatic nitrogens is 1. The Morgan fingerprint density at radius 3 is 2.51 bits per heavy atom. The lowest BCUT2D eigenvalue weighted by atomic mass is 9.82. The number of fused-ring (bicyclic) bond motifs is 2. The van der Waals surface area contributed by atoms with Crippen LogP contribution >= 0.6 is 11.3 Å². The molecule has 1 unspecified atom stereocenters. The van der Waals surface area contributed by atoms with E-state index in [1.165, 1.54) is 34.6 Å². The molecule has 4 aromatic rings. The van der Waals surface area contributed by atoms with E-state index in [1.807, 2.05) is 4.90 Å². The number of hydrogen-bond acceptors (Lipinski definition) is 5. The number of benzene rings is 2. The van der Waals surface area contributed by atoms with Crippen molar-refractivity contribution in [3.63, 3.8) is 0 Å². The third-order valence-electron chi connectivity index (χ3n) is 7.31. The van der Waals surface area contributed by atoms with Crippen LogP contribution in [0.15, 0.2) is 60.7 Å². The van der Waals surface area contributed by atoms with Crippen LogP contribution in [-0.4, -0.2) is 42.0 Å². The van der Waals surface area contributed by atoms with Crippen LogP contribution in [0.1, 0.15) is 38.8 Å². The number of aryl methyl sites for hydroxylation is 1. The average Bonchev–Trinajstić information content (AvgIpc) is 3.23. The minimum atomic E-state index is -0.242. The number of nitrogens with zero attached hydrogens (tertiary/aromatic N) is 3. The van der Waals surface area contributed by atoms with E-state index in [9.17, 15) is 9.18 Å². The van der Waals surface area contributed by atoms with Gasteiger partial charge in [0.1, 0.15) is 15.5 Å². The lowest BCUT2D eigenvalue weighted by Gasteiger charge is -2.36. The zero-order chi connectivity index (χ0) is 23.9. The van der Waals surface area contributed by atoms with Gasteiger partial charge in [-0.1, -0.05) is 30.3 Å². The number of hydrogen-bond donors (Lipinski definition) is 1. The third-order valence-corrected chi connectivity index (χ3v) is 8.41. The molecular weight excluding hydrogens is 459 g/mol. The molecule has 5 nitrogen and oxygen atoms in total. The highest BCUT2D eigenvalue weighted by Crippen LogP contribution is 2.39. The molecule has 2 aromatic heterocycles. The van der Waals surface area contributed by atoms with Gasteiger partial charge in [-0.15, -0.1) is 11.3 Å². The summed E-state index contributed by atoms with van der Waals surface area (Å²) in [5, 5.41) is 0.899. The molecule has 1 fully saturated rings. The van der Waals surface area contributed by atoms with E-state index in [-0.39, 0.29) is 11.7 Å². The van der Waals surface area contributed by atoms with Gasteiger partial charge in [-0.25, -0.2) is 9.37 Å². The first-order valence-corrected chi connectivity index (χ1v) is 12.9. The van der Waals surface area contributed by atoms with Gasteiger partial charge in [-0.2, -0.15) is 0 Å². The molecule has 0 saturated carbocycles. The van der Waals surface area contributed by atoms with Gasteiger partial charge in [0.2, 0.25) is 0 Å². The number of amides is 1. The average molecular weight is 487 g/mol. The Hall–Kier alpha value is -3.45. The number of piperazine rings is 1. The number of anilines is 2. The van der Waals surface area contributed by atoms with Crippen molar-refractivity contribution in [3.8, 4) is 0 Å². The summed E-state index contributed by atoms with van der Waals surface area (Å²) >= 11 is 1.41. The first-order chi connectivity index (χ1) is 17.1. The Balaban J connectivity index is 1.20. The van der Waals surface area contributed by atoms with Gasteiger partial charge in [0.05, 0.1) is 5.69 Å². The molecule has 1 atom stereocenters. The number of nitrogen functional groups attached to an aromatic ring is 1. The molecule has 2 N–H and O–H groups in total. The maximum Gasteiger partial charge on any atom is 0.266 e. The Labute approximate surface area is 208 Å². The number of pyridine rings is 1. The van der Waals surface area contributed by atoms with Gasteiger partial charge >= 0.3 is 0 Å². The topological polar surface area (TPSA) is 62.5 Å². The van der Waals surface area contributed by atoms with E-state index >= 15 is 0 Å². The van der Waals surface area contributed by atoms with Crippen LogP contribution in [0.5, 0.6) is 0 Å². The predicted octanol–water partition coefficient (Wildman–Crippen LogP) is 5.25. The molecule has 1 aliphatic carbocycles. The number of rotatable bonds is 3. The van der Waals surface area contributed by atoms with Crippen LogP contribution < -0.4 is 10.6 Å². The quantitative estimate of drug-likeness (QED) is 0.430. The SMILES string of the molecule is Nc1c(C(=O)N2CCN(c3ccc(F)cc3)CC2)sc2nc3c(cc12)CC(c1ccccc1)CC3. The number of thiophene rings is 1. The van der Waals surface area contributed by atoms with E-state index in [0.717, 1.165) is 40.9 Å². The molecule has 0 bridgehead atoms. The first-order valence-electron chi connectivity index (χ1n) is 12.1. The van der Waals surface area contributed by atoms with E-state index in [0.29, 0.717) is 42.7 Å². The second-order valence-electron chi connectivity index (χ2n) is 9.40. The fraction of sp³-hybridized carbons (Fsp3) is 0.286. The molecule has 1 amide bonds. The maximum absolute atomic E-state index is 13.4. The summed E-state index contributed by atoms with van der Waals surface area (Å²) in [7, 11) is 0. The van der Waals surface area contributed by atoms with Gasteiger partial charge in [0.15, 0.2) is 0 Å². The van der Waals surface area contributed by atoms with E-state index < -0.39 is 0 Å². The molecular formula is C28H27FN4OS. The van der Waals surface area contributed by atoms with E-state index in [2.05, 4.69) is 41.3 Å². The molecule has 7 heteroatoms. The lowest BCUT2D eigenvalue weighted by molar-refractivity contribution is 0.0752. The molecule has 178 valence electrons. The minimum Gasteiger partial charge on any atom is -0.397 e. The predicted molar refractivity (Wildman–Crippen MR) is 140 cm³/mol. The fourth-order valence-corrected chi connectivity index (χ4v) is 6.39. The first kappa shape index (κ1) is 22.0. The molecule has 0 spiro atoms. The van der Waals surface area contributed by atoms with Crippen molar-refractivity contribution >= 4 is 38.8 Å². The lowest BCUT2D eigenvalue weighted by Crippen LogP contribution is -2.48. The Morgan fingerprint density at radius 1 is 1.03 bits per heavy atom. The largest absolute Gasteiger partial charge is 0.397 e. The van der Waals surface area contributed by atoms with Crippen LogP contribution in [0.2, 0.25) is 0 Å². The summed E-state index contributed by atoms with van der Waals surface area (Å²) in [6, 6.07) is 19.3. The van der Waals surface area contributed by atoms with Crippen LogP contribution in [-0.2, 0) is 12.8 Å². The van der Waals surface area contributed by atoms with Crippen LogP contribution in [0, 0.1) is 5.82 Å². The maximum atomic E-state index is 13.4. The zero-order valence-electron chi connectivity index (χ0n) is 19.4. The monoisotopic (exact) mass is 486 g/mol. The van der Waals surface area contributed by atoms with Crippen molar-refractivity contribution in [2.75, 3.05) is 36.8 Å². The summed E-state index contributed by atoms with van der Waals surface area (Å²) in [5.41, 5.74) is 11.8. The van der Waals surface area contributed by atoms with E-state index in [1.54, 1.807) is 12.1 Å². The van der Waals surface area contributed by atoms with Gasteiger partial charge in [-0.3, -0.25) is 4.79 Å². The van der Waals surface area contributed by atoms with Crippen molar-refractivity contribution in [2.45, 2.75) is 25.2 Å². The summed E-state index contributed by atoms with van der Waals surface area (Å²) in [6.45, 7) is 2.62. The van der Waals surface area contributed by atoms with Crippen molar-refractivity contribution in [1.29, 1.82) is 0 Å². The number of nitrogens with two attached hydrogens (primary N) is 1. The molecule has 1 saturated heterocycles. The van der Waals surface area contributed by atoms with Crippen molar-refractivity contribution in [2.24, 2.45) is 0 Å². The zero-order valence-corrected chi connectivity index (χ0v) is 20.2. The summed E-state index contributed by atoms with van der Waals surface area (Å²) < 4.78 is 13.2. The third kappa shape index (κ3) is 4.14.